The number of allylic oxidation sites excluding steroid dienone is 1. The molecule has 4 aromatic carbocycles. The van der Waals surface area contributed by atoms with Crippen LogP contribution in [0.5, 0.6) is 0 Å². The van der Waals surface area contributed by atoms with Gasteiger partial charge < -0.3 is 0 Å². The minimum Gasteiger partial charge on any atom is -0.0843 e. The van der Waals surface area contributed by atoms with E-state index in [2.05, 4.69) is 99.7 Å². The van der Waals surface area contributed by atoms with Crippen LogP contribution >= 0.6 is 11.6 Å². The molecule has 1 heteroatoms. The van der Waals surface area contributed by atoms with Crippen molar-refractivity contribution in [2.75, 3.05) is 0 Å². The van der Waals surface area contributed by atoms with Crippen molar-refractivity contribution in [3.05, 3.63) is 100 Å². The molecule has 6 rings (SSSR count). The fraction of sp³-hybridized carbons (Fsp3) is 0.250. The van der Waals surface area contributed by atoms with Crippen molar-refractivity contribution in [2.45, 2.75) is 46.0 Å². The molecule has 0 aliphatic heterocycles. The van der Waals surface area contributed by atoms with Gasteiger partial charge in [0.15, 0.2) is 0 Å². The third-order valence-corrected chi connectivity index (χ3v) is 8.07. The van der Waals surface area contributed by atoms with Crippen LogP contribution in [0.4, 0.5) is 0 Å². The molecule has 2 aliphatic rings. The summed E-state index contributed by atoms with van der Waals surface area (Å²) in [6.45, 7) is 7.07. The molecule has 0 N–H and O–H groups in total. The molecule has 0 heterocycles. The Morgan fingerprint density at radius 1 is 0.879 bits per heavy atom. The lowest BCUT2D eigenvalue weighted by atomic mass is 9.61. The van der Waals surface area contributed by atoms with E-state index in [-0.39, 0.29) is 5.41 Å². The summed E-state index contributed by atoms with van der Waals surface area (Å²) in [6.07, 6.45) is 7.95. The second-order valence-corrected chi connectivity index (χ2v) is 10.8. The van der Waals surface area contributed by atoms with E-state index in [4.69, 9.17) is 11.6 Å². The molecule has 164 valence electrons. The van der Waals surface area contributed by atoms with Gasteiger partial charge in [-0.1, -0.05) is 99.1 Å². The number of rotatable bonds is 3. The summed E-state index contributed by atoms with van der Waals surface area (Å²) in [6, 6.07) is 24.7. The van der Waals surface area contributed by atoms with Gasteiger partial charge in [0, 0.05) is 5.02 Å². The molecule has 1 atom stereocenters. The van der Waals surface area contributed by atoms with E-state index in [0.29, 0.717) is 5.92 Å². The summed E-state index contributed by atoms with van der Waals surface area (Å²) in [7, 11) is 0. The second-order valence-electron chi connectivity index (χ2n) is 10.4. The van der Waals surface area contributed by atoms with Crippen LogP contribution in [-0.2, 0) is 12.8 Å². The summed E-state index contributed by atoms with van der Waals surface area (Å²) >= 11 is 6.39. The van der Waals surface area contributed by atoms with Gasteiger partial charge in [0.2, 0.25) is 0 Å². The Hall–Kier alpha value is -2.83. The molecule has 0 saturated heterocycles. The predicted molar refractivity (Wildman–Crippen MR) is 143 cm³/mol. The summed E-state index contributed by atoms with van der Waals surface area (Å²) < 4.78 is 0. The largest absolute Gasteiger partial charge is 0.0843 e. The van der Waals surface area contributed by atoms with Crippen LogP contribution in [0.3, 0.4) is 0 Å². The van der Waals surface area contributed by atoms with E-state index in [0.717, 1.165) is 24.3 Å². The van der Waals surface area contributed by atoms with E-state index < -0.39 is 0 Å². The zero-order valence-electron chi connectivity index (χ0n) is 19.6. The average Bonchev–Trinajstić information content (AvgIpc) is 2.82. The minimum absolute atomic E-state index is 0.244. The number of hydrogen-bond acceptors (Lipinski definition) is 0. The van der Waals surface area contributed by atoms with Crippen LogP contribution in [0.2, 0.25) is 5.02 Å². The maximum atomic E-state index is 6.39. The quantitative estimate of drug-likeness (QED) is 0.292. The van der Waals surface area contributed by atoms with Gasteiger partial charge in [0.1, 0.15) is 0 Å². The number of hydrogen-bond donors (Lipinski definition) is 0. The summed E-state index contributed by atoms with van der Waals surface area (Å²) in [5, 5.41) is 3.69. The lowest BCUT2D eigenvalue weighted by Gasteiger charge is -2.42. The normalized spacial score (nSPS) is 18.0. The van der Waals surface area contributed by atoms with E-state index in [1.54, 1.807) is 5.56 Å². The van der Waals surface area contributed by atoms with Crippen LogP contribution < -0.4 is 0 Å². The lowest BCUT2D eigenvalue weighted by molar-refractivity contribution is 0.277. The highest BCUT2D eigenvalue weighted by Gasteiger charge is 2.39. The van der Waals surface area contributed by atoms with Gasteiger partial charge in [0.25, 0.3) is 0 Å². The third kappa shape index (κ3) is 3.35. The van der Waals surface area contributed by atoms with Crippen molar-refractivity contribution in [1.29, 1.82) is 0 Å². The number of benzene rings is 4. The molecule has 0 radical (unpaired) electrons. The first-order valence-corrected chi connectivity index (χ1v) is 12.5. The fourth-order valence-electron chi connectivity index (χ4n) is 6.11. The molecular weight excluding hydrogens is 420 g/mol. The highest BCUT2D eigenvalue weighted by molar-refractivity contribution is 6.31. The molecule has 0 amide bonds. The average molecular weight is 449 g/mol. The van der Waals surface area contributed by atoms with Crippen LogP contribution in [0.15, 0.2) is 72.8 Å². The van der Waals surface area contributed by atoms with E-state index >= 15 is 0 Å². The van der Waals surface area contributed by atoms with Crippen molar-refractivity contribution in [2.24, 2.45) is 5.41 Å². The Morgan fingerprint density at radius 3 is 2.42 bits per heavy atom. The van der Waals surface area contributed by atoms with Crippen LogP contribution in [0.25, 0.3) is 39.1 Å². The highest BCUT2D eigenvalue weighted by Crippen LogP contribution is 2.53. The Balaban J connectivity index is 1.50. The smallest absolute Gasteiger partial charge is 0.0414 e. The van der Waals surface area contributed by atoms with Gasteiger partial charge in [-0.05, 0) is 98.0 Å². The van der Waals surface area contributed by atoms with Gasteiger partial charge in [0.05, 0.1) is 0 Å². The summed E-state index contributed by atoms with van der Waals surface area (Å²) in [5.41, 5.74) is 11.1. The van der Waals surface area contributed by atoms with Crippen LogP contribution in [0, 0.1) is 5.41 Å². The molecule has 4 aromatic rings. The standard InChI is InChI=1S/C32H29Cl/c1-4-20-16-25(18-26(33)17-20)21-8-10-22(11-9-21)27-15-14-24-13-12-23-6-5-7-29-31(23)30(24)28(27)19-32(29,2)3/h5-6,8-18,29H,4,7,19H2,1-3H3. The maximum Gasteiger partial charge on any atom is 0.0414 e. The van der Waals surface area contributed by atoms with Crippen molar-refractivity contribution in [3.63, 3.8) is 0 Å². The van der Waals surface area contributed by atoms with Crippen molar-refractivity contribution < 1.29 is 0 Å². The van der Waals surface area contributed by atoms with Crippen molar-refractivity contribution in [1.82, 2.24) is 0 Å². The van der Waals surface area contributed by atoms with Crippen LogP contribution in [0.1, 0.15) is 55.4 Å². The molecule has 0 bridgehead atoms. The van der Waals surface area contributed by atoms with Crippen LogP contribution in [-0.4, -0.2) is 0 Å². The van der Waals surface area contributed by atoms with Crippen molar-refractivity contribution >= 4 is 28.4 Å². The summed E-state index contributed by atoms with van der Waals surface area (Å²) in [5.74, 6) is 0.599. The summed E-state index contributed by atoms with van der Waals surface area (Å²) in [4.78, 5) is 0. The topological polar surface area (TPSA) is 0 Å². The van der Waals surface area contributed by atoms with Crippen molar-refractivity contribution in [3.8, 4) is 22.3 Å². The predicted octanol–water partition coefficient (Wildman–Crippen LogP) is 9.47. The second kappa shape index (κ2) is 7.61. The Bertz CT molecular complexity index is 1420. The zero-order valence-corrected chi connectivity index (χ0v) is 20.3. The number of aryl methyl sites for hydroxylation is 1. The SMILES string of the molecule is CCc1cc(Cl)cc(-c2ccc(-c3ccc4ccc5c6c4c3CC(C)(C)C6CC=C5)cc2)c1. The molecular formula is C32H29Cl. The first kappa shape index (κ1) is 20.8. The molecule has 0 fully saturated rings. The fourth-order valence-corrected chi connectivity index (χ4v) is 6.37. The zero-order chi connectivity index (χ0) is 22.7. The molecule has 0 aromatic heterocycles. The van der Waals surface area contributed by atoms with Gasteiger partial charge in [-0.15, -0.1) is 0 Å². The lowest BCUT2D eigenvalue weighted by Crippen LogP contribution is -2.30. The maximum absolute atomic E-state index is 6.39. The number of halogens is 1. The molecule has 1 unspecified atom stereocenters. The molecule has 2 aliphatic carbocycles. The van der Waals surface area contributed by atoms with Gasteiger partial charge in [-0.3, -0.25) is 0 Å². The van der Waals surface area contributed by atoms with Gasteiger partial charge >= 0.3 is 0 Å². The molecule has 0 nitrogen and oxygen atoms in total. The molecule has 33 heavy (non-hydrogen) atoms. The van der Waals surface area contributed by atoms with Gasteiger partial charge in [-0.2, -0.15) is 0 Å². The Morgan fingerprint density at radius 2 is 1.64 bits per heavy atom. The Kier molecular flexibility index (Phi) is 4.78. The highest BCUT2D eigenvalue weighted by atomic mass is 35.5. The Labute approximate surface area is 201 Å². The minimum atomic E-state index is 0.244. The van der Waals surface area contributed by atoms with Gasteiger partial charge in [-0.25, -0.2) is 0 Å². The van der Waals surface area contributed by atoms with E-state index in [9.17, 15) is 0 Å². The van der Waals surface area contributed by atoms with E-state index in [1.807, 2.05) is 0 Å². The third-order valence-electron chi connectivity index (χ3n) is 7.86. The first-order valence-electron chi connectivity index (χ1n) is 12.1. The van der Waals surface area contributed by atoms with E-state index in [1.165, 1.54) is 49.7 Å². The first-order chi connectivity index (χ1) is 15.9. The molecule has 0 saturated carbocycles. The monoisotopic (exact) mass is 448 g/mol. The molecule has 0 spiro atoms.